The molecule has 0 aromatic heterocycles. The van der Waals surface area contributed by atoms with E-state index in [-0.39, 0.29) is 0 Å². The van der Waals surface area contributed by atoms with Gasteiger partial charge in [-0.25, -0.2) is 0 Å². The molecular weight excluding hydrogens is 140 g/mol. The van der Waals surface area contributed by atoms with E-state index in [1.165, 1.54) is 17.8 Å². The summed E-state index contributed by atoms with van der Waals surface area (Å²) in [7, 11) is 0. The lowest BCUT2D eigenvalue weighted by molar-refractivity contribution is 0.137. The standard InChI is InChI=1S/C9H12S/c1-3-5-6-4(2)8-7(3)9(5,6)10-8/h3-8H,1-2H3/t3?,4?,5?,6-,7-,8?,9?/m0/s1. The van der Waals surface area contributed by atoms with Crippen molar-refractivity contribution in [3.05, 3.63) is 0 Å². The third-order valence-electron chi connectivity index (χ3n) is 4.75. The Bertz CT molecular complexity index is 231. The average Bonchev–Trinajstić information content (AvgIpc) is 2.34. The van der Waals surface area contributed by atoms with Gasteiger partial charge in [0.05, 0.1) is 0 Å². The first-order valence-corrected chi connectivity index (χ1v) is 5.34. The molecule has 0 radical (unpaired) electrons. The molecule has 5 unspecified atom stereocenters. The SMILES string of the molecule is CC1C2[C@@H]3C(C)C4SC23[C@@H]14. The summed E-state index contributed by atoms with van der Waals surface area (Å²) in [5.74, 6) is 5.76. The van der Waals surface area contributed by atoms with E-state index < -0.39 is 0 Å². The minimum atomic E-state index is 0.920. The quantitative estimate of drug-likeness (QED) is 0.511. The molecule has 7 atom stereocenters. The highest BCUT2D eigenvalue weighted by Crippen LogP contribution is 2.94. The Hall–Kier alpha value is 0.350. The summed E-state index contributed by atoms with van der Waals surface area (Å²) in [5.41, 5.74) is 0. The Kier molecular flexibility index (Phi) is 0.515. The van der Waals surface area contributed by atoms with E-state index in [1.54, 1.807) is 0 Å². The normalized spacial score (nSPS) is 87.0. The molecule has 5 rings (SSSR count). The molecule has 3 aliphatic carbocycles. The second kappa shape index (κ2) is 1.01. The summed E-state index contributed by atoms with van der Waals surface area (Å²) in [6.45, 7) is 4.96. The fraction of sp³-hybridized carbons (Fsp3) is 1.00. The molecule has 2 saturated heterocycles. The van der Waals surface area contributed by atoms with Crippen LogP contribution in [0.5, 0.6) is 0 Å². The fourth-order valence-electron chi connectivity index (χ4n) is 4.54. The van der Waals surface area contributed by atoms with Crippen molar-refractivity contribution >= 4 is 11.8 Å². The Morgan fingerprint density at radius 1 is 1.00 bits per heavy atom. The minimum absolute atomic E-state index is 0.920. The molecule has 1 spiro atoms. The van der Waals surface area contributed by atoms with Gasteiger partial charge >= 0.3 is 0 Å². The largest absolute Gasteiger partial charge is 0.150 e. The molecule has 1 heteroatoms. The summed E-state index contributed by atoms with van der Waals surface area (Å²) in [5, 5.41) is 1.10. The molecule has 54 valence electrons. The van der Waals surface area contributed by atoms with Crippen molar-refractivity contribution in [2.45, 2.75) is 23.8 Å². The van der Waals surface area contributed by atoms with Crippen LogP contribution in [0.25, 0.3) is 0 Å². The van der Waals surface area contributed by atoms with Crippen LogP contribution in [0.4, 0.5) is 0 Å². The van der Waals surface area contributed by atoms with Gasteiger partial charge < -0.3 is 0 Å². The zero-order valence-corrected chi connectivity index (χ0v) is 7.19. The monoisotopic (exact) mass is 152 g/mol. The average molecular weight is 152 g/mol. The second-order valence-electron chi connectivity index (χ2n) is 4.73. The lowest BCUT2D eigenvalue weighted by atomic mass is 9.68. The van der Waals surface area contributed by atoms with Crippen molar-refractivity contribution in [1.29, 1.82) is 0 Å². The van der Waals surface area contributed by atoms with Crippen LogP contribution in [0.2, 0.25) is 0 Å². The predicted molar refractivity (Wildman–Crippen MR) is 42.9 cm³/mol. The van der Waals surface area contributed by atoms with Gasteiger partial charge in [0.15, 0.2) is 0 Å². The molecule has 0 aromatic rings. The van der Waals surface area contributed by atoms with Gasteiger partial charge in [-0.3, -0.25) is 0 Å². The second-order valence-corrected chi connectivity index (χ2v) is 6.22. The van der Waals surface area contributed by atoms with Crippen molar-refractivity contribution in [1.82, 2.24) is 0 Å². The molecule has 0 N–H and O–H groups in total. The summed E-state index contributed by atoms with van der Waals surface area (Å²) in [4.78, 5) is 0. The molecule has 2 aliphatic heterocycles. The molecule has 0 nitrogen and oxygen atoms in total. The highest BCUT2D eigenvalue weighted by molar-refractivity contribution is 8.03. The predicted octanol–water partition coefficient (Wildman–Crippen LogP) is 2.00. The van der Waals surface area contributed by atoms with Crippen LogP contribution in [0, 0.1) is 29.6 Å². The van der Waals surface area contributed by atoms with E-state index in [4.69, 9.17) is 0 Å². The minimum Gasteiger partial charge on any atom is -0.150 e. The van der Waals surface area contributed by atoms with E-state index in [1.807, 2.05) is 0 Å². The zero-order chi connectivity index (χ0) is 6.67. The number of hydrogen-bond donors (Lipinski definition) is 0. The van der Waals surface area contributed by atoms with Gasteiger partial charge in [-0.1, -0.05) is 13.8 Å². The van der Waals surface area contributed by atoms with E-state index in [2.05, 4.69) is 25.6 Å². The maximum Gasteiger partial charge on any atom is 0.0272 e. The zero-order valence-electron chi connectivity index (χ0n) is 6.37. The number of hydrogen-bond acceptors (Lipinski definition) is 1. The fourth-order valence-corrected chi connectivity index (χ4v) is 7.28. The van der Waals surface area contributed by atoms with Crippen molar-refractivity contribution in [2.75, 3.05) is 0 Å². The van der Waals surface area contributed by atoms with Gasteiger partial charge in [-0.05, 0) is 29.6 Å². The first-order valence-electron chi connectivity index (χ1n) is 4.46. The third kappa shape index (κ3) is 0.219. The molecule has 0 aromatic carbocycles. The van der Waals surface area contributed by atoms with Crippen LogP contribution >= 0.6 is 11.8 Å². The van der Waals surface area contributed by atoms with Crippen molar-refractivity contribution in [2.24, 2.45) is 29.6 Å². The van der Waals surface area contributed by atoms with Crippen LogP contribution in [0.1, 0.15) is 13.8 Å². The van der Waals surface area contributed by atoms with Crippen LogP contribution in [-0.2, 0) is 0 Å². The Labute approximate surface area is 65.8 Å². The maximum absolute atomic E-state index is 2.48. The summed E-state index contributed by atoms with van der Waals surface area (Å²) >= 11 is 2.34. The lowest BCUT2D eigenvalue weighted by Crippen LogP contribution is -2.55. The Balaban J connectivity index is 1.91. The first kappa shape index (κ1) is 5.08. The molecule has 2 bridgehead atoms. The smallest absolute Gasteiger partial charge is 0.0272 e. The van der Waals surface area contributed by atoms with Crippen molar-refractivity contribution < 1.29 is 0 Å². The summed E-state index contributed by atoms with van der Waals surface area (Å²) in [6, 6.07) is 0. The molecule has 0 amide bonds. The third-order valence-corrected chi connectivity index (χ3v) is 6.97. The van der Waals surface area contributed by atoms with Crippen molar-refractivity contribution in [3.63, 3.8) is 0 Å². The molecule has 2 heterocycles. The van der Waals surface area contributed by atoms with Crippen LogP contribution in [0.3, 0.4) is 0 Å². The van der Waals surface area contributed by atoms with E-state index >= 15 is 0 Å². The highest BCUT2D eigenvalue weighted by atomic mass is 32.2. The lowest BCUT2D eigenvalue weighted by Gasteiger charge is -2.56. The van der Waals surface area contributed by atoms with Crippen LogP contribution < -0.4 is 0 Å². The number of rotatable bonds is 0. The van der Waals surface area contributed by atoms with Gasteiger partial charge in [0.2, 0.25) is 0 Å². The highest BCUT2D eigenvalue weighted by Gasteiger charge is 2.93. The summed E-state index contributed by atoms with van der Waals surface area (Å²) in [6.07, 6.45) is 0. The van der Waals surface area contributed by atoms with Gasteiger partial charge in [0.25, 0.3) is 0 Å². The topological polar surface area (TPSA) is 0 Å². The van der Waals surface area contributed by atoms with Gasteiger partial charge in [-0.15, -0.1) is 0 Å². The van der Waals surface area contributed by atoms with Gasteiger partial charge in [0, 0.05) is 10.00 Å². The summed E-state index contributed by atoms with van der Waals surface area (Å²) < 4.78 is 0.920. The molecule has 10 heavy (non-hydrogen) atoms. The van der Waals surface area contributed by atoms with Crippen LogP contribution in [0.15, 0.2) is 0 Å². The molecule has 5 aliphatic rings. The molecular formula is C9H12S. The van der Waals surface area contributed by atoms with Crippen LogP contribution in [-0.4, -0.2) is 10.00 Å². The van der Waals surface area contributed by atoms with Gasteiger partial charge in [0.1, 0.15) is 0 Å². The Morgan fingerprint density at radius 2 is 1.70 bits per heavy atom. The van der Waals surface area contributed by atoms with E-state index in [0.29, 0.717) is 0 Å². The van der Waals surface area contributed by atoms with Crippen molar-refractivity contribution in [3.8, 4) is 0 Å². The van der Waals surface area contributed by atoms with E-state index in [9.17, 15) is 0 Å². The Morgan fingerprint density at radius 3 is 2.00 bits per heavy atom. The maximum atomic E-state index is 2.48. The number of thioether (sulfide) groups is 1. The molecule has 3 saturated carbocycles. The first-order chi connectivity index (χ1) is 4.78. The molecule has 5 fully saturated rings. The van der Waals surface area contributed by atoms with E-state index in [0.717, 1.165) is 21.8 Å². The van der Waals surface area contributed by atoms with Gasteiger partial charge in [-0.2, -0.15) is 11.8 Å².